The summed E-state index contributed by atoms with van der Waals surface area (Å²) in [6.07, 6.45) is 4.96. The van der Waals surface area contributed by atoms with Gasteiger partial charge in [0.05, 0.1) is 16.3 Å². The lowest BCUT2D eigenvalue weighted by molar-refractivity contribution is -0.384. The van der Waals surface area contributed by atoms with Crippen LogP contribution in [0.15, 0.2) is 58.8 Å². The molecular formula is C18H22N4O2. The SMILES string of the molecule is CCCCCCNc1ccc(/N=N/c2ccc([N+](=O)[O-])cc2)cc1. The minimum Gasteiger partial charge on any atom is -0.385 e. The Kier molecular flexibility index (Phi) is 6.89. The molecule has 0 spiro atoms. The maximum atomic E-state index is 10.6. The Hall–Kier alpha value is -2.76. The summed E-state index contributed by atoms with van der Waals surface area (Å²) in [5, 5.41) is 22.2. The zero-order valence-electron chi connectivity index (χ0n) is 13.8. The third kappa shape index (κ3) is 5.79. The van der Waals surface area contributed by atoms with Crippen molar-refractivity contribution < 1.29 is 4.92 Å². The molecule has 2 aromatic rings. The third-order valence-electron chi connectivity index (χ3n) is 3.57. The molecule has 2 rings (SSSR count). The number of nitro groups is 1. The number of nitrogens with zero attached hydrogens (tertiary/aromatic N) is 3. The third-order valence-corrected chi connectivity index (χ3v) is 3.57. The predicted octanol–water partition coefficient (Wildman–Crippen LogP) is 6.00. The van der Waals surface area contributed by atoms with Crippen molar-refractivity contribution in [2.24, 2.45) is 10.2 Å². The first-order valence-electron chi connectivity index (χ1n) is 8.19. The number of hydrogen-bond donors (Lipinski definition) is 1. The molecule has 1 N–H and O–H groups in total. The molecule has 0 radical (unpaired) electrons. The molecule has 126 valence electrons. The predicted molar refractivity (Wildman–Crippen MR) is 96.3 cm³/mol. The molecule has 0 heterocycles. The van der Waals surface area contributed by atoms with Crippen molar-refractivity contribution in [2.45, 2.75) is 32.6 Å². The Labute approximate surface area is 141 Å². The van der Waals surface area contributed by atoms with Gasteiger partial charge in [0.15, 0.2) is 0 Å². The van der Waals surface area contributed by atoms with E-state index in [4.69, 9.17) is 0 Å². The van der Waals surface area contributed by atoms with Crippen LogP contribution in [0.3, 0.4) is 0 Å². The summed E-state index contributed by atoms with van der Waals surface area (Å²) < 4.78 is 0. The van der Waals surface area contributed by atoms with Crippen LogP contribution < -0.4 is 5.32 Å². The Bertz CT molecular complexity index is 666. The van der Waals surface area contributed by atoms with Gasteiger partial charge in [0.1, 0.15) is 0 Å². The fraction of sp³-hybridized carbons (Fsp3) is 0.333. The molecule has 0 aliphatic carbocycles. The molecule has 0 amide bonds. The molecule has 0 atom stereocenters. The molecule has 0 aliphatic rings. The van der Waals surface area contributed by atoms with Gasteiger partial charge in [-0.25, -0.2) is 0 Å². The van der Waals surface area contributed by atoms with Crippen LogP contribution in [-0.4, -0.2) is 11.5 Å². The van der Waals surface area contributed by atoms with Crippen LogP contribution in [0.4, 0.5) is 22.7 Å². The zero-order valence-corrected chi connectivity index (χ0v) is 13.8. The lowest BCUT2D eigenvalue weighted by Gasteiger charge is -2.05. The van der Waals surface area contributed by atoms with Gasteiger partial charge >= 0.3 is 0 Å². The van der Waals surface area contributed by atoms with E-state index in [1.807, 2.05) is 24.3 Å². The van der Waals surface area contributed by atoms with E-state index in [0.717, 1.165) is 17.9 Å². The molecular weight excluding hydrogens is 304 g/mol. The standard InChI is InChI=1S/C18H22N4O2/c1-2-3-4-5-14-19-15-6-8-16(9-7-15)20-21-17-10-12-18(13-11-17)22(23)24/h6-13,19H,2-5,14H2,1H3/b21-20+. The fourth-order valence-electron chi connectivity index (χ4n) is 2.19. The van der Waals surface area contributed by atoms with Gasteiger partial charge in [-0.05, 0) is 42.8 Å². The minimum atomic E-state index is -0.436. The highest BCUT2D eigenvalue weighted by Crippen LogP contribution is 2.22. The average molecular weight is 326 g/mol. The van der Waals surface area contributed by atoms with Gasteiger partial charge in [0, 0.05) is 24.4 Å². The highest BCUT2D eigenvalue weighted by atomic mass is 16.6. The molecule has 0 saturated carbocycles. The molecule has 0 fully saturated rings. The van der Waals surface area contributed by atoms with Gasteiger partial charge in [0.25, 0.3) is 5.69 Å². The van der Waals surface area contributed by atoms with E-state index >= 15 is 0 Å². The van der Waals surface area contributed by atoms with Crippen LogP contribution in [0.25, 0.3) is 0 Å². The fourth-order valence-corrected chi connectivity index (χ4v) is 2.19. The number of nitro benzene ring substituents is 1. The van der Waals surface area contributed by atoms with Gasteiger partial charge in [-0.15, -0.1) is 0 Å². The van der Waals surface area contributed by atoms with Crippen LogP contribution in [0, 0.1) is 10.1 Å². The first-order valence-corrected chi connectivity index (χ1v) is 8.19. The number of rotatable bonds is 9. The lowest BCUT2D eigenvalue weighted by atomic mass is 10.2. The highest BCUT2D eigenvalue weighted by molar-refractivity contribution is 5.51. The van der Waals surface area contributed by atoms with Gasteiger partial charge < -0.3 is 5.32 Å². The molecule has 0 unspecified atom stereocenters. The second-order valence-corrected chi connectivity index (χ2v) is 5.51. The monoisotopic (exact) mass is 326 g/mol. The summed E-state index contributed by atoms with van der Waals surface area (Å²) in [6.45, 7) is 3.18. The van der Waals surface area contributed by atoms with Crippen LogP contribution in [-0.2, 0) is 0 Å². The van der Waals surface area contributed by atoms with Crippen molar-refractivity contribution in [1.82, 2.24) is 0 Å². The number of non-ortho nitro benzene ring substituents is 1. The number of azo groups is 1. The number of nitrogens with one attached hydrogen (secondary N) is 1. The van der Waals surface area contributed by atoms with E-state index in [9.17, 15) is 10.1 Å². The molecule has 0 bridgehead atoms. The maximum absolute atomic E-state index is 10.6. The van der Waals surface area contributed by atoms with E-state index in [2.05, 4.69) is 22.5 Å². The topological polar surface area (TPSA) is 79.9 Å². The van der Waals surface area contributed by atoms with Gasteiger partial charge in [-0.1, -0.05) is 26.2 Å². The second kappa shape index (κ2) is 9.39. The number of unbranched alkanes of at least 4 members (excludes halogenated alkanes) is 3. The molecule has 0 aromatic heterocycles. The van der Waals surface area contributed by atoms with E-state index in [1.165, 1.54) is 37.8 Å². The Balaban J connectivity index is 1.85. The Morgan fingerprint density at radius 2 is 1.50 bits per heavy atom. The normalized spacial score (nSPS) is 10.9. The zero-order chi connectivity index (χ0) is 17.2. The van der Waals surface area contributed by atoms with Crippen molar-refractivity contribution in [3.05, 3.63) is 58.6 Å². The van der Waals surface area contributed by atoms with Gasteiger partial charge in [-0.2, -0.15) is 10.2 Å². The van der Waals surface area contributed by atoms with Crippen molar-refractivity contribution in [1.29, 1.82) is 0 Å². The smallest absolute Gasteiger partial charge is 0.269 e. The summed E-state index contributed by atoms with van der Waals surface area (Å²) >= 11 is 0. The lowest BCUT2D eigenvalue weighted by Crippen LogP contribution is -2.00. The van der Waals surface area contributed by atoms with Crippen molar-refractivity contribution in [2.75, 3.05) is 11.9 Å². The highest BCUT2D eigenvalue weighted by Gasteiger charge is 2.03. The molecule has 6 heteroatoms. The number of hydrogen-bond acceptors (Lipinski definition) is 5. The van der Waals surface area contributed by atoms with E-state index in [0.29, 0.717) is 5.69 Å². The molecule has 6 nitrogen and oxygen atoms in total. The van der Waals surface area contributed by atoms with Crippen LogP contribution in [0.2, 0.25) is 0 Å². The summed E-state index contributed by atoms with van der Waals surface area (Å²) in [5.74, 6) is 0. The van der Waals surface area contributed by atoms with Gasteiger partial charge in [-0.3, -0.25) is 10.1 Å². The quantitative estimate of drug-likeness (QED) is 0.265. The molecule has 2 aromatic carbocycles. The van der Waals surface area contributed by atoms with Crippen molar-refractivity contribution in [3.8, 4) is 0 Å². The van der Waals surface area contributed by atoms with Crippen molar-refractivity contribution in [3.63, 3.8) is 0 Å². The summed E-state index contributed by atoms with van der Waals surface area (Å²) in [6, 6.07) is 13.7. The van der Waals surface area contributed by atoms with Crippen LogP contribution >= 0.6 is 0 Å². The van der Waals surface area contributed by atoms with Crippen LogP contribution in [0.5, 0.6) is 0 Å². The molecule has 0 saturated heterocycles. The van der Waals surface area contributed by atoms with Crippen molar-refractivity contribution >= 4 is 22.7 Å². The van der Waals surface area contributed by atoms with E-state index in [1.54, 1.807) is 12.1 Å². The second-order valence-electron chi connectivity index (χ2n) is 5.51. The summed E-state index contributed by atoms with van der Waals surface area (Å²) in [4.78, 5) is 10.2. The summed E-state index contributed by atoms with van der Waals surface area (Å²) in [7, 11) is 0. The summed E-state index contributed by atoms with van der Waals surface area (Å²) in [5.41, 5.74) is 2.44. The Morgan fingerprint density at radius 1 is 0.917 bits per heavy atom. The number of anilines is 1. The largest absolute Gasteiger partial charge is 0.385 e. The Morgan fingerprint density at radius 3 is 2.04 bits per heavy atom. The molecule has 0 aliphatic heterocycles. The minimum absolute atomic E-state index is 0.0447. The van der Waals surface area contributed by atoms with E-state index < -0.39 is 4.92 Å². The first-order chi connectivity index (χ1) is 11.7. The average Bonchev–Trinajstić information content (AvgIpc) is 2.61. The van der Waals surface area contributed by atoms with Gasteiger partial charge in [0.2, 0.25) is 0 Å². The molecule has 24 heavy (non-hydrogen) atoms. The van der Waals surface area contributed by atoms with Crippen LogP contribution in [0.1, 0.15) is 32.6 Å². The van der Waals surface area contributed by atoms with E-state index in [-0.39, 0.29) is 5.69 Å². The first kappa shape index (κ1) is 17.6. The maximum Gasteiger partial charge on any atom is 0.269 e. The number of benzene rings is 2.